The van der Waals surface area contributed by atoms with E-state index in [9.17, 15) is 14.4 Å². The van der Waals surface area contributed by atoms with Crippen molar-refractivity contribution in [1.82, 2.24) is 0 Å². The number of nitrogens with one attached hydrogen (secondary N) is 1. The van der Waals surface area contributed by atoms with Crippen LogP contribution >= 0.6 is 23.4 Å². The van der Waals surface area contributed by atoms with Crippen molar-refractivity contribution < 1.29 is 14.4 Å². The van der Waals surface area contributed by atoms with E-state index in [0.29, 0.717) is 35.1 Å². The number of carbonyl (C=O) groups is 3. The number of benzene rings is 3. The van der Waals surface area contributed by atoms with Crippen molar-refractivity contribution in [2.75, 3.05) is 28.2 Å². The van der Waals surface area contributed by atoms with Gasteiger partial charge in [0.25, 0.3) is 5.91 Å². The standard InChI is InChI=1S/C26H22ClN3O3S/c1-2-29-21-11-10-18(14-23(21)34-22-9-4-3-8-20(22)26(29)33)28-25(32)16-12-24(31)30(15-16)19-7-5-6-17(27)13-19/h3-11,13-14,16H,2,12,15H2,1H3,(H,28,32). The van der Waals surface area contributed by atoms with Crippen LogP contribution in [0.3, 0.4) is 0 Å². The minimum absolute atomic E-state index is 0.0355. The normalized spacial score (nSPS) is 17.3. The molecule has 0 saturated carbocycles. The first-order valence-electron chi connectivity index (χ1n) is 11.0. The predicted molar refractivity (Wildman–Crippen MR) is 135 cm³/mol. The van der Waals surface area contributed by atoms with Crippen molar-refractivity contribution in [2.24, 2.45) is 5.92 Å². The Morgan fingerprint density at radius 2 is 1.88 bits per heavy atom. The quantitative estimate of drug-likeness (QED) is 0.526. The van der Waals surface area contributed by atoms with Crippen LogP contribution in [0.15, 0.2) is 76.5 Å². The van der Waals surface area contributed by atoms with Gasteiger partial charge in [-0.3, -0.25) is 14.4 Å². The molecule has 34 heavy (non-hydrogen) atoms. The van der Waals surface area contributed by atoms with E-state index >= 15 is 0 Å². The molecular formula is C26H22ClN3O3S. The number of amides is 3. The van der Waals surface area contributed by atoms with Gasteiger partial charge in [0.1, 0.15) is 0 Å². The summed E-state index contributed by atoms with van der Waals surface area (Å²) in [6.07, 6.45) is 0.142. The average molecular weight is 492 g/mol. The number of hydrogen-bond acceptors (Lipinski definition) is 4. The van der Waals surface area contributed by atoms with Crippen LogP contribution in [-0.2, 0) is 9.59 Å². The summed E-state index contributed by atoms with van der Waals surface area (Å²) in [4.78, 5) is 43.8. The van der Waals surface area contributed by atoms with E-state index in [1.165, 1.54) is 11.8 Å². The molecule has 0 aliphatic carbocycles. The first-order chi connectivity index (χ1) is 16.4. The smallest absolute Gasteiger partial charge is 0.259 e. The van der Waals surface area contributed by atoms with Crippen molar-refractivity contribution in [3.63, 3.8) is 0 Å². The van der Waals surface area contributed by atoms with E-state index in [-0.39, 0.29) is 24.1 Å². The van der Waals surface area contributed by atoms with Gasteiger partial charge in [0.05, 0.1) is 17.2 Å². The molecule has 3 aromatic carbocycles. The topological polar surface area (TPSA) is 69.7 Å². The highest BCUT2D eigenvalue weighted by molar-refractivity contribution is 7.99. The number of anilines is 3. The summed E-state index contributed by atoms with van der Waals surface area (Å²) in [5.74, 6) is -0.812. The lowest BCUT2D eigenvalue weighted by atomic mass is 10.1. The zero-order valence-electron chi connectivity index (χ0n) is 18.5. The Morgan fingerprint density at radius 3 is 2.68 bits per heavy atom. The fraction of sp³-hybridized carbons (Fsp3) is 0.192. The van der Waals surface area contributed by atoms with Crippen LogP contribution in [0.2, 0.25) is 5.02 Å². The number of rotatable bonds is 4. The average Bonchev–Trinajstić information content (AvgIpc) is 3.17. The molecule has 3 aromatic rings. The highest BCUT2D eigenvalue weighted by Gasteiger charge is 2.35. The van der Waals surface area contributed by atoms with Gasteiger partial charge in [-0.1, -0.05) is 41.6 Å². The molecule has 8 heteroatoms. The molecule has 2 aliphatic heterocycles. The Balaban J connectivity index is 1.36. The Bertz CT molecular complexity index is 1310. The summed E-state index contributed by atoms with van der Waals surface area (Å²) in [6.45, 7) is 2.78. The third kappa shape index (κ3) is 4.17. The van der Waals surface area contributed by atoms with Gasteiger partial charge in [0.2, 0.25) is 11.8 Å². The van der Waals surface area contributed by atoms with Gasteiger partial charge in [-0.2, -0.15) is 0 Å². The van der Waals surface area contributed by atoms with Crippen molar-refractivity contribution in [1.29, 1.82) is 0 Å². The lowest BCUT2D eigenvalue weighted by Crippen LogP contribution is -2.30. The highest BCUT2D eigenvalue weighted by atomic mass is 35.5. The lowest BCUT2D eigenvalue weighted by molar-refractivity contribution is -0.122. The van der Waals surface area contributed by atoms with Crippen LogP contribution in [-0.4, -0.2) is 30.8 Å². The summed E-state index contributed by atoms with van der Waals surface area (Å²) in [7, 11) is 0. The molecule has 2 heterocycles. The monoisotopic (exact) mass is 491 g/mol. The second kappa shape index (κ2) is 9.16. The maximum Gasteiger partial charge on any atom is 0.259 e. The van der Waals surface area contributed by atoms with E-state index in [2.05, 4.69) is 5.32 Å². The van der Waals surface area contributed by atoms with E-state index < -0.39 is 5.92 Å². The molecule has 6 nitrogen and oxygen atoms in total. The molecule has 0 radical (unpaired) electrons. The van der Waals surface area contributed by atoms with Crippen molar-refractivity contribution in [3.8, 4) is 0 Å². The minimum atomic E-state index is -0.465. The summed E-state index contributed by atoms with van der Waals surface area (Å²) in [5, 5.41) is 3.51. The molecule has 1 atom stereocenters. The molecule has 1 N–H and O–H groups in total. The third-order valence-electron chi connectivity index (χ3n) is 6.03. The highest BCUT2D eigenvalue weighted by Crippen LogP contribution is 2.42. The molecule has 2 aliphatic rings. The van der Waals surface area contributed by atoms with Crippen molar-refractivity contribution >= 4 is 58.1 Å². The minimum Gasteiger partial charge on any atom is -0.326 e. The molecule has 172 valence electrons. The van der Waals surface area contributed by atoms with Gasteiger partial charge in [0, 0.05) is 45.7 Å². The van der Waals surface area contributed by atoms with Crippen molar-refractivity contribution in [2.45, 2.75) is 23.1 Å². The first-order valence-corrected chi connectivity index (χ1v) is 12.2. The summed E-state index contributed by atoms with van der Waals surface area (Å²) >= 11 is 7.57. The molecule has 3 amide bonds. The zero-order chi connectivity index (χ0) is 23.8. The van der Waals surface area contributed by atoms with Crippen LogP contribution in [0, 0.1) is 5.92 Å². The summed E-state index contributed by atoms with van der Waals surface area (Å²) < 4.78 is 0. The largest absolute Gasteiger partial charge is 0.326 e. The Hall–Kier alpha value is -3.29. The van der Waals surface area contributed by atoms with E-state index in [0.717, 1.165) is 15.5 Å². The Labute approximate surface area is 206 Å². The van der Waals surface area contributed by atoms with Gasteiger partial charge in [-0.25, -0.2) is 0 Å². The Morgan fingerprint density at radius 1 is 1.06 bits per heavy atom. The molecule has 0 aromatic heterocycles. The number of fused-ring (bicyclic) bond motifs is 2. The van der Waals surface area contributed by atoms with Gasteiger partial charge in [-0.15, -0.1) is 0 Å². The zero-order valence-corrected chi connectivity index (χ0v) is 20.0. The summed E-state index contributed by atoms with van der Waals surface area (Å²) in [6, 6.07) is 20.2. The maximum atomic E-state index is 13.1. The molecule has 0 bridgehead atoms. The summed E-state index contributed by atoms with van der Waals surface area (Å²) in [5.41, 5.74) is 2.81. The SMILES string of the molecule is CCN1C(=O)c2ccccc2Sc2cc(NC(=O)C3CC(=O)N(c4cccc(Cl)c4)C3)ccc21. The molecule has 0 spiro atoms. The fourth-order valence-electron chi connectivity index (χ4n) is 4.34. The van der Waals surface area contributed by atoms with Gasteiger partial charge in [0.15, 0.2) is 0 Å². The number of nitrogens with zero attached hydrogens (tertiary/aromatic N) is 2. The fourth-order valence-corrected chi connectivity index (χ4v) is 5.64. The number of halogens is 1. The van der Waals surface area contributed by atoms with Crippen LogP contribution in [0.25, 0.3) is 0 Å². The molecule has 1 unspecified atom stereocenters. The van der Waals surface area contributed by atoms with E-state index in [1.54, 1.807) is 34.1 Å². The van der Waals surface area contributed by atoms with E-state index in [1.807, 2.05) is 49.4 Å². The van der Waals surface area contributed by atoms with Crippen LogP contribution in [0.4, 0.5) is 17.1 Å². The van der Waals surface area contributed by atoms with Crippen LogP contribution in [0.5, 0.6) is 0 Å². The van der Waals surface area contributed by atoms with Gasteiger partial charge >= 0.3 is 0 Å². The molecule has 1 fully saturated rings. The van der Waals surface area contributed by atoms with Gasteiger partial charge in [-0.05, 0) is 55.5 Å². The van der Waals surface area contributed by atoms with Crippen molar-refractivity contribution in [3.05, 3.63) is 77.3 Å². The van der Waals surface area contributed by atoms with Gasteiger partial charge < -0.3 is 15.1 Å². The van der Waals surface area contributed by atoms with Crippen LogP contribution < -0.4 is 15.1 Å². The third-order valence-corrected chi connectivity index (χ3v) is 7.39. The second-order valence-electron chi connectivity index (χ2n) is 8.20. The second-order valence-corrected chi connectivity index (χ2v) is 9.72. The number of carbonyl (C=O) groups excluding carboxylic acids is 3. The molecular weight excluding hydrogens is 470 g/mol. The maximum absolute atomic E-state index is 13.1. The molecule has 1 saturated heterocycles. The predicted octanol–water partition coefficient (Wildman–Crippen LogP) is 5.46. The first kappa shape index (κ1) is 22.5. The lowest BCUT2D eigenvalue weighted by Gasteiger charge is -2.21. The van der Waals surface area contributed by atoms with Crippen LogP contribution in [0.1, 0.15) is 23.7 Å². The number of hydrogen-bond donors (Lipinski definition) is 1. The Kier molecular flexibility index (Phi) is 6.06. The van der Waals surface area contributed by atoms with E-state index in [4.69, 9.17) is 11.6 Å². The molecule has 5 rings (SSSR count).